The Kier molecular flexibility index (Phi) is 4.03. The lowest BCUT2D eigenvalue weighted by molar-refractivity contribution is 0.584. The molecule has 3 rings (SSSR count). The van der Waals surface area contributed by atoms with Crippen molar-refractivity contribution in [3.05, 3.63) is 52.8 Å². The average Bonchev–Trinajstić information content (AvgIpc) is 3.05. The molecule has 4 nitrogen and oxygen atoms in total. The highest BCUT2D eigenvalue weighted by molar-refractivity contribution is 7.91. The van der Waals surface area contributed by atoms with E-state index in [2.05, 4.69) is 9.71 Å². The number of sulfonamides is 1. The van der Waals surface area contributed by atoms with Crippen molar-refractivity contribution in [1.82, 2.24) is 9.71 Å². The summed E-state index contributed by atoms with van der Waals surface area (Å²) in [6.45, 7) is 2.17. The Bertz CT molecular complexity index is 913. The van der Waals surface area contributed by atoms with Crippen LogP contribution in [0.5, 0.6) is 0 Å². The van der Waals surface area contributed by atoms with E-state index in [1.165, 1.54) is 23.5 Å². The van der Waals surface area contributed by atoms with Gasteiger partial charge in [-0.1, -0.05) is 0 Å². The molecule has 2 N–H and O–H groups in total. The zero-order valence-corrected chi connectivity index (χ0v) is 13.5. The Labute approximate surface area is 132 Å². The SMILES string of the molecule is Cc1ccc(S(=O)(=O)NCCc2c[nH]c3cc(F)ccc23)s1. The second kappa shape index (κ2) is 5.83. The quantitative estimate of drug-likeness (QED) is 0.750. The van der Waals surface area contributed by atoms with E-state index in [1.807, 2.05) is 6.92 Å². The second-order valence-electron chi connectivity index (χ2n) is 5.02. The summed E-state index contributed by atoms with van der Waals surface area (Å²) in [6, 6.07) is 7.92. The minimum Gasteiger partial charge on any atom is -0.361 e. The molecule has 3 aromatic rings. The van der Waals surface area contributed by atoms with Crippen LogP contribution in [-0.4, -0.2) is 19.9 Å². The molecule has 0 saturated heterocycles. The number of nitrogens with one attached hydrogen (secondary N) is 2. The van der Waals surface area contributed by atoms with Gasteiger partial charge in [0, 0.05) is 28.5 Å². The minimum absolute atomic E-state index is 0.295. The van der Waals surface area contributed by atoms with E-state index in [4.69, 9.17) is 0 Å². The zero-order valence-electron chi connectivity index (χ0n) is 11.9. The first-order valence-corrected chi connectivity index (χ1v) is 9.07. The summed E-state index contributed by atoms with van der Waals surface area (Å²) in [5.41, 5.74) is 1.67. The smallest absolute Gasteiger partial charge is 0.250 e. The van der Waals surface area contributed by atoms with Crippen LogP contribution in [-0.2, 0) is 16.4 Å². The maximum Gasteiger partial charge on any atom is 0.250 e. The standard InChI is InChI=1S/C15H15FN2O2S2/c1-10-2-5-15(21-10)22(19,20)18-7-6-11-9-17-14-8-12(16)3-4-13(11)14/h2-5,8-9,17-18H,6-7H2,1H3. The normalized spacial score (nSPS) is 12.1. The van der Waals surface area contributed by atoms with Gasteiger partial charge in [0.05, 0.1) is 0 Å². The Morgan fingerprint density at radius 1 is 1.27 bits per heavy atom. The molecule has 0 aliphatic heterocycles. The topological polar surface area (TPSA) is 62.0 Å². The number of hydrogen-bond acceptors (Lipinski definition) is 3. The molecule has 116 valence electrons. The highest BCUT2D eigenvalue weighted by Gasteiger charge is 2.15. The molecule has 2 heterocycles. The highest BCUT2D eigenvalue weighted by Crippen LogP contribution is 2.21. The van der Waals surface area contributed by atoms with Crippen molar-refractivity contribution >= 4 is 32.3 Å². The molecule has 2 aromatic heterocycles. The van der Waals surface area contributed by atoms with Crippen molar-refractivity contribution in [2.24, 2.45) is 0 Å². The summed E-state index contributed by atoms with van der Waals surface area (Å²) in [7, 11) is -3.45. The monoisotopic (exact) mass is 338 g/mol. The largest absolute Gasteiger partial charge is 0.361 e. The lowest BCUT2D eigenvalue weighted by Gasteiger charge is -2.04. The van der Waals surface area contributed by atoms with E-state index < -0.39 is 10.0 Å². The van der Waals surface area contributed by atoms with E-state index >= 15 is 0 Å². The number of thiophene rings is 1. The number of halogens is 1. The van der Waals surface area contributed by atoms with E-state index in [-0.39, 0.29) is 5.82 Å². The Hall–Kier alpha value is -1.70. The van der Waals surface area contributed by atoms with Gasteiger partial charge in [-0.3, -0.25) is 0 Å². The van der Waals surface area contributed by atoms with Gasteiger partial charge < -0.3 is 4.98 Å². The van der Waals surface area contributed by atoms with Gasteiger partial charge >= 0.3 is 0 Å². The number of fused-ring (bicyclic) bond motifs is 1. The fourth-order valence-electron chi connectivity index (χ4n) is 2.31. The number of rotatable bonds is 5. The van der Waals surface area contributed by atoms with Gasteiger partial charge in [0.25, 0.3) is 0 Å². The van der Waals surface area contributed by atoms with Crippen LogP contribution in [0, 0.1) is 12.7 Å². The summed E-state index contributed by atoms with van der Waals surface area (Å²) in [4.78, 5) is 3.95. The highest BCUT2D eigenvalue weighted by atomic mass is 32.2. The van der Waals surface area contributed by atoms with Crippen LogP contribution in [0.3, 0.4) is 0 Å². The van der Waals surface area contributed by atoms with Gasteiger partial charge in [-0.15, -0.1) is 11.3 Å². The molecular formula is C15H15FN2O2S2. The molecule has 7 heteroatoms. The van der Waals surface area contributed by atoms with Crippen LogP contribution in [0.1, 0.15) is 10.4 Å². The van der Waals surface area contributed by atoms with Gasteiger partial charge in [-0.05, 0) is 49.2 Å². The molecule has 0 atom stereocenters. The number of aromatic amines is 1. The molecule has 0 saturated carbocycles. The van der Waals surface area contributed by atoms with Gasteiger partial charge in [0.1, 0.15) is 10.0 Å². The molecule has 22 heavy (non-hydrogen) atoms. The molecule has 0 fully saturated rings. The Balaban J connectivity index is 1.70. The third-order valence-corrected chi connectivity index (χ3v) is 6.35. The van der Waals surface area contributed by atoms with E-state index in [0.717, 1.165) is 15.8 Å². The van der Waals surface area contributed by atoms with Gasteiger partial charge in [0.15, 0.2) is 0 Å². The lowest BCUT2D eigenvalue weighted by Crippen LogP contribution is -2.25. The average molecular weight is 338 g/mol. The fourth-order valence-corrected chi connectivity index (χ4v) is 4.67. The third kappa shape index (κ3) is 3.06. The van der Waals surface area contributed by atoms with Crippen LogP contribution in [0.25, 0.3) is 10.9 Å². The maximum atomic E-state index is 13.1. The van der Waals surface area contributed by atoms with Crippen LogP contribution in [0.2, 0.25) is 0 Å². The summed E-state index contributed by atoms with van der Waals surface area (Å²) < 4.78 is 40.3. The van der Waals surface area contributed by atoms with E-state index in [9.17, 15) is 12.8 Å². The van der Waals surface area contributed by atoms with Crippen LogP contribution < -0.4 is 4.72 Å². The third-order valence-electron chi connectivity index (χ3n) is 3.40. The lowest BCUT2D eigenvalue weighted by atomic mass is 10.1. The first-order valence-electron chi connectivity index (χ1n) is 6.77. The molecule has 0 aliphatic rings. The van der Waals surface area contributed by atoms with E-state index in [0.29, 0.717) is 22.7 Å². The first kappa shape index (κ1) is 15.2. The summed E-state index contributed by atoms with van der Waals surface area (Å²) in [6.07, 6.45) is 2.32. The molecule has 0 bridgehead atoms. The van der Waals surface area contributed by atoms with Crippen molar-refractivity contribution in [2.45, 2.75) is 17.6 Å². The van der Waals surface area contributed by atoms with Gasteiger partial charge in [-0.2, -0.15) is 0 Å². The molecule has 0 aliphatic carbocycles. The second-order valence-corrected chi connectivity index (χ2v) is 8.30. The van der Waals surface area contributed by atoms with Gasteiger partial charge in [-0.25, -0.2) is 17.5 Å². The van der Waals surface area contributed by atoms with Crippen molar-refractivity contribution in [3.63, 3.8) is 0 Å². The molecular weight excluding hydrogens is 323 g/mol. The summed E-state index contributed by atoms with van der Waals surface area (Å²) >= 11 is 1.25. The molecule has 1 aromatic carbocycles. The number of benzene rings is 1. The number of H-pyrrole nitrogens is 1. The van der Waals surface area contributed by atoms with Gasteiger partial charge in [0.2, 0.25) is 10.0 Å². The summed E-state index contributed by atoms with van der Waals surface area (Å²) in [5, 5.41) is 0.910. The molecule has 0 radical (unpaired) electrons. The number of aryl methyl sites for hydroxylation is 1. The van der Waals surface area contributed by atoms with Crippen molar-refractivity contribution in [2.75, 3.05) is 6.54 Å². The predicted octanol–water partition coefficient (Wildman–Crippen LogP) is 3.20. The van der Waals surface area contributed by atoms with E-state index in [1.54, 1.807) is 24.4 Å². The minimum atomic E-state index is -3.45. The molecule has 0 amide bonds. The predicted molar refractivity (Wildman–Crippen MR) is 86.2 cm³/mol. The van der Waals surface area contributed by atoms with Crippen LogP contribution in [0.15, 0.2) is 40.7 Å². The van der Waals surface area contributed by atoms with Crippen molar-refractivity contribution in [1.29, 1.82) is 0 Å². The Morgan fingerprint density at radius 2 is 2.09 bits per heavy atom. The van der Waals surface area contributed by atoms with Crippen LogP contribution in [0.4, 0.5) is 4.39 Å². The zero-order chi connectivity index (χ0) is 15.7. The van der Waals surface area contributed by atoms with Crippen molar-refractivity contribution in [3.8, 4) is 0 Å². The van der Waals surface area contributed by atoms with Crippen LogP contribution >= 0.6 is 11.3 Å². The Morgan fingerprint density at radius 3 is 2.82 bits per heavy atom. The molecule has 0 spiro atoms. The molecule has 0 unspecified atom stereocenters. The number of aromatic nitrogens is 1. The summed E-state index contributed by atoms with van der Waals surface area (Å²) in [5.74, 6) is -0.297. The fraction of sp³-hybridized carbons (Fsp3) is 0.200. The number of hydrogen-bond donors (Lipinski definition) is 2. The maximum absolute atomic E-state index is 13.1. The first-order chi connectivity index (χ1) is 10.5. The van der Waals surface area contributed by atoms with Crippen molar-refractivity contribution < 1.29 is 12.8 Å².